The number of nitrogens with zero attached hydrogens (tertiary/aromatic N) is 1. The largest absolute Gasteiger partial charge is 0.342 e. The Morgan fingerprint density at radius 3 is 2.70 bits per heavy atom. The minimum Gasteiger partial charge on any atom is -0.342 e. The van der Waals surface area contributed by atoms with Crippen LogP contribution >= 0.6 is 12.4 Å². The molecule has 1 saturated carbocycles. The Balaban J connectivity index is 0.00000192. The van der Waals surface area contributed by atoms with Crippen LogP contribution in [0.5, 0.6) is 0 Å². The number of carbonyl (C=O) groups excluding carboxylic acids is 1. The Morgan fingerprint density at radius 1 is 1.30 bits per heavy atom. The highest BCUT2D eigenvalue weighted by Gasteiger charge is 2.39. The summed E-state index contributed by atoms with van der Waals surface area (Å²) in [5, 5.41) is 0. The molecule has 3 nitrogen and oxygen atoms in total. The van der Waals surface area contributed by atoms with Gasteiger partial charge >= 0.3 is 0 Å². The van der Waals surface area contributed by atoms with Gasteiger partial charge in [-0.2, -0.15) is 0 Å². The summed E-state index contributed by atoms with van der Waals surface area (Å²) in [6.07, 6.45) is 6.27. The van der Waals surface area contributed by atoms with Gasteiger partial charge in [-0.05, 0) is 49.5 Å². The maximum Gasteiger partial charge on any atom is 0.225 e. The Kier molecular flexibility index (Phi) is 6.10. The molecule has 1 aromatic carbocycles. The lowest BCUT2D eigenvalue weighted by atomic mass is 9.83. The van der Waals surface area contributed by atoms with Crippen molar-refractivity contribution in [2.75, 3.05) is 13.1 Å². The fraction of sp³-hybridized carbons (Fsp3) is 0.632. The van der Waals surface area contributed by atoms with Gasteiger partial charge in [0, 0.05) is 25.0 Å². The molecule has 1 heterocycles. The van der Waals surface area contributed by atoms with Crippen molar-refractivity contribution in [3.05, 3.63) is 35.9 Å². The number of amides is 1. The lowest BCUT2D eigenvalue weighted by molar-refractivity contribution is -0.134. The number of aryl methyl sites for hydroxylation is 1. The van der Waals surface area contributed by atoms with E-state index in [1.807, 2.05) is 0 Å². The Morgan fingerprint density at radius 2 is 2.04 bits per heavy atom. The first-order valence-corrected chi connectivity index (χ1v) is 8.64. The van der Waals surface area contributed by atoms with Gasteiger partial charge in [0.05, 0.1) is 0 Å². The van der Waals surface area contributed by atoms with E-state index in [0.29, 0.717) is 5.91 Å². The first kappa shape index (κ1) is 18.3. The first-order chi connectivity index (χ1) is 10.6. The van der Waals surface area contributed by atoms with Crippen LogP contribution in [0.15, 0.2) is 30.3 Å². The van der Waals surface area contributed by atoms with Gasteiger partial charge in [-0.3, -0.25) is 4.79 Å². The first-order valence-electron chi connectivity index (χ1n) is 8.64. The Labute approximate surface area is 146 Å². The molecule has 1 aliphatic carbocycles. The molecule has 1 aromatic rings. The standard InChI is InChI=1S/C19H28N2O.ClH/c1-19(10-9-15-5-3-2-4-6-15)11-12-21(14-19)18(22)16-7-8-17(20)13-16;/h2-6,16-17H,7-14,20H2,1H3;1H. The monoisotopic (exact) mass is 336 g/mol. The summed E-state index contributed by atoms with van der Waals surface area (Å²) < 4.78 is 0. The fourth-order valence-corrected chi connectivity index (χ4v) is 4.01. The third kappa shape index (κ3) is 4.48. The maximum atomic E-state index is 12.6. The number of likely N-dealkylation sites (tertiary alicyclic amines) is 1. The van der Waals surface area contributed by atoms with E-state index in [0.717, 1.165) is 51.6 Å². The topological polar surface area (TPSA) is 46.3 Å². The average molecular weight is 337 g/mol. The van der Waals surface area contributed by atoms with Gasteiger partial charge in [-0.15, -0.1) is 12.4 Å². The molecular formula is C19H29ClN2O. The van der Waals surface area contributed by atoms with E-state index >= 15 is 0 Å². The number of carbonyl (C=O) groups is 1. The average Bonchev–Trinajstić information content (AvgIpc) is 3.13. The van der Waals surface area contributed by atoms with E-state index in [-0.39, 0.29) is 29.8 Å². The predicted octanol–water partition coefficient (Wildman–Crippen LogP) is 3.41. The number of benzene rings is 1. The molecule has 0 radical (unpaired) electrons. The molecule has 1 amide bonds. The van der Waals surface area contributed by atoms with Crippen molar-refractivity contribution in [1.82, 2.24) is 4.90 Å². The molecular weight excluding hydrogens is 308 g/mol. The van der Waals surface area contributed by atoms with Crippen LogP contribution in [-0.2, 0) is 11.2 Å². The fourth-order valence-electron chi connectivity index (χ4n) is 4.01. The Bertz CT molecular complexity index is 521. The quantitative estimate of drug-likeness (QED) is 0.915. The van der Waals surface area contributed by atoms with Gasteiger partial charge in [-0.1, -0.05) is 37.3 Å². The van der Waals surface area contributed by atoms with Gasteiger partial charge < -0.3 is 10.6 Å². The van der Waals surface area contributed by atoms with Gasteiger partial charge in [0.1, 0.15) is 0 Å². The van der Waals surface area contributed by atoms with E-state index in [2.05, 4.69) is 42.2 Å². The molecule has 3 atom stereocenters. The van der Waals surface area contributed by atoms with Crippen molar-refractivity contribution in [2.45, 2.75) is 51.5 Å². The summed E-state index contributed by atoms with van der Waals surface area (Å²) in [6.45, 7) is 4.18. The van der Waals surface area contributed by atoms with Crippen LogP contribution in [0.2, 0.25) is 0 Å². The van der Waals surface area contributed by atoms with Crippen molar-refractivity contribution in [1.29, 1.82) is 0 Å². The number of nitrogens with two attached hydrogens (primary N) is 1. The summed E-state index contributed by atoms with van der Waals surface area (Å²) >= 11 is 0. The third-order valence-electron chi connectivity index (χ3n) is 5.55. The van der Waals surface area contributed by atoms with Crippen molar-refractivity contribution < 1.29 is 4.79 Å². The van der Waals surface area contributed by atoms with E-state index < -0.39 is 0 Å². The highest BCUT2D eigenvalue weighted by Crippen LogP contribution is 2.36. The second-order valence-corrected chi connectivity index (χ2v) is 7.58. The zero-order valence-electron chi connectivity index (χ0n) is 14.0. The van der Waals surface area contributed by atoms with E-state index in [4.69, 9.17) is 5.73 Å². The molecule has 23 heavy (non-hydrogen) atoms. The SMILES string of the molecule is CC1(CCc2ccccc2)CCN(C(=O)C2CCC(N)C2)C1.Cl. The normalized spacial score (nSPS) is 30.3. The van der Waals surface area contributed by atoms with Crippen LogP contribution in [-0.4, -0.2) is 29.9 Å². The number of hydrogen-bond donors (Lipinski definition) is 1. The number of halogens is 1. The third-order valence-corrected chi connectivity index (χ3v) is 5.55. The van der Waals surface area contributed by atoms with Crippen molar-refractivity contribution in [3.8, 4) is 0 Å². The molecule has 0 spiro atoms. The van der Waals surface area contributed by atoms with Crippen molar-refractivity contribution in [3.63, 3.8) is 0 Å². The highest BCUT2D eigenvalue weighted by molar-refractivity contribution is 5.85. The van der Waals surface area contributed by atoms with Crippen LogP contribution in [0.3, 0.4) is 0 Å². The maximum absolute atomic E-state index is 12.6. The Hall–Kier alpha value is -1.06. The zero-order valence-corrected chi connectivity index (χ0v) is 14.9. The van der Waals surface area contributed by atoms with E-state index in [9.17, 15) is 4.79 Å². The lowest BCUT2D eigenvalue weighted by Gasteiger charge is -2.26. The van der Waals surface area contributed by atoms with Crippen LogP contribution in [0.4, 0.5) is 0 Å². The van der Waals surface area contributed by atoms with Crippen LogP contribution in [0, 0.1) is 11.3 Å². The van der Waals surface area contributed by atoms with Crippen LogP contribution in [0.1, 0.15) is 44.6 Å². The van der Waals surface area contributed by atoms with Gasteiger partial charge in [0.2, 0.25) is 5.91 Å². The summed E-state index contributed by atoms with van der Waals surface area (Å²) in [6, 6.07) is 10.9. The summed E-state index contributed by atoms with van der Waals surface area (Å²) in [5.74, 6) is 0.544. The minimum atomic E-state index is 0. The molecule has 0 bridgehead atoms. The molecule has 3 unspecified atom stereocenters. The van der Waals surface area contributed by atoms with Gasteiger partial charge in [0.25, 0.3) is 0 Å². The van der Waals surface area contributed by atoms with Crippen LogP contribution < -0.4 is 5.73 Å². The van der Waals surface area contributed by atoms with Crippen molar-refractivity contribution >= 4 is 18.3 Å². The summed E-state index contributed by atoms with van der Waals surface area (Å²) in [7, 11) is 0. The molecule has 1 saturated heterocycles. The van der Waals surface area contributed by atoms with E-state index in [1.165, 1.54) is 5.56 Å². The molecule has 2 N–H and O–H groups in total. The predicted molar refractivity (Wildman–Crippen MR) is 96.6 cm³/mol. The lowest BCUT2D eigenvalue weighted by Crippen LogP contribution is -2.35. The second kappa shape index (κ2) is 7.67. The van der Waals surface area contributed by atoms with Crippen molar-refractivity contribution in [2.24, 2.45) is 17.1 Å². The molecule has 128 valence electrons. The summed E-state index contributed by atoms with van der Waals surface area (Å²) in [4.78, 5) is 14.7. The van der Waals surface area contributed by atoms with Gasteiger partial charge in [0.15, 0.2) is 0 Å². The number of rotatable bonds is 4. The zero-order chi connectivity index (χ0) is 15.6. The number of hydrogen-bond acceptors (Lipinski definition) is 2. The summed E-state index contributed by atoms with van der Waals surface area (Å²) in [5.41, 5.74) is 7.62. The molecule has 4 heteroatoms. The van der Waals surface area contributed by atoms with Crippen LogP contribution in [0.25, 0.3) is 0 Å². The molecule has 1 aliphatic heterocycles. The van der Waals surface area contributed by atoms with E-state index in [1.54, 1.807) is 0 Å². The highest BCUT2D eigenvalue weighted by atomic mass is 35.5. The van der Waals surface area contributed by atoms with Gasteiger partial charge in [-0.25, -0.2) is 0 Å². The second-order valence-electron chi connectivity index (χ2n) is 7.58. The minimum absolute atomic E-state index is 0. The molecule has 2 aliphatic rings. The molecule has 2 fully saturated rings. The smallest absolute Gasteiger partial charge is 0.225 e. The molecule has 3 rings (SSSR count). The molecule has 0 aromatic heterocycles.